The van der Waals surface area contributed by atoms with Crippen molar-refractivity contribution < 1.29 is 24.2 Å². The minimum Gasteiger partial charge on any atom is -0.420 e. The van der Waals surface area contributed by atoms with Gasteiger partial charge in [-0.3, -0.25) is 14.4 Å². The molecule has 3 aromatic heterocycles. The number of carbonyl (C=O) groups excluding carboxylic acids is 3. The smallest absolute Gasteiger partial charge is 0.282 e. The first-order chi connectivity index (χ1) is 21.4. The van der Waals surface area contributed by atoms with Gasteiger partial charge in [0.05, 0.1) is 17.7 Å². The third kappa shape index (κ3) is 5.76. The molecule has 3 amide bonds. The van der Waals surface area contributed by atoms with E-state index >= 15 is 0 Å². The lowest BCUT2D eigenvalue weighted by Crippen LogP contribution is -2.50. The van der Waals surface area contributed by atoms with Crippen molar-refractivity contribution in [3.8, 4) is 23.0 Å². The van der Waals surface area contributed by atoms with E-state index in [9.17, 15) is 14.4 Å². The number of pyridine rings is 2. The molecule has 1 unspecified atom stereocenters. The molecule has 0 fully saturated rings. The van der Waals surface area contributed by atoms with Gasteiger partial charge in [-0.1, -0.05) is 35.6 Å². The molecule has 0 saturated heterocycles. The highest BCUT2D eigenvalue weighted by Crippen LogP contribution is 2.56. The third-order valence-electron chi connectivity index (χ3n) is 8.43. The number of aromatic nitrogens is 4. The van der Waals surface area contributed by atoms with E-state index in [1.165, 1.54) is 0 Å². The number of amides is 3. The molecule has 4 aromatic rings. The van der Waals surface area contributed by atoms with Gasteiger partial charge in [-0.25, -0.2) is 9.97 Å². The molecular formula is C32H35N7O5S. The molecule has 0 spiro atoms. The first-order valence-electron chi connectivity index (χ1n) is 14.5. The van der Waals surface area contributed by atoms with E-state index in [4.69, 9.17) is 14.8 Å². The summed E-state index contributed by atoms with van der Waals surface area (Å²) < 4.78 is 6.28. The van der Waals surface area contributed by atoms with Gasteiger partial charge in [0.2, 0.25) is 27.8 Å². The van der Waals surface area contributed by atoms with Gasteiger partial charge in [0.1, 0.15) is 0 Å². The van der Waals surface area contributed by atoms with Crippen LogP contribution in [0.25, 0.3) is 11.3 Å². The number of ether oxygens (including phenoxy) is 1. The second-order valence-electron chi connectivity index (χ2n) is 11.4. The zero-order valence-electron chi connectivity index (χ0n) is 26.0. The molecule has 1 aliphatic heterocycles. The summed E-state index contributed by atoms with van der Waals surface area (Å²) in [6.45, 7) is 9.88. The summed E-state index contributed by atoms with van der Waals surface area (Å²) in [6.07, 6.45) is 0. The van der Waals surface area contributed by atoms with E-state index < -0.39 is 16.7 Å². The van der Waals surface area contributed by atoms with Gasteiger partial charge in [0.15, 0.2) is 0 Å². The molecule has 45 heavy (non-hydrogen) atoms. The Morgan fingerprint density at radius 2 is 1.67 bits per heavy atom. The highest BCUT2D eigenvalue weighted by molar-refractivity contribution is 7.17. The van der Waals surface area contributed by atoms with Gasteiger partial charge >= 0.3 is 0 Å². The van der Waals surface area contributed by atoms with E-state index in [2.05, 4.69) is 25.8 Å². The Bertz CT molecular complexity index is 1770. The molecule has 4 heterocycles. The minimum absolute atomic E-state index is 0.0603. The predicted octanol–water partition coefficient (Wildman–Crippen LogP) is 4.19. The van der Waals surface area contributed by atoms with Crippen molar-refractivity contribution in [3.63, 3.8) is 0 Å². The first kappa shape index (κ1) is 31.7. The average Bonchev–Trinajstić information content (AvgIpc) is 3.51. The van der Waals surface area contributed by atoms with Crippen LogP contribution in [0.3, 0.4) is 0 Å². The van der Waals surface area contributed by atoms with Crippen LogP contribution in [-0.2, 0) is 10.2 Å². The van der Waals surface area contributed by atoms with E-state index in [0.29, 0.717) is 35.1 Å². The minimum atomic E-state index is -1.11. The van der Waals surface area contributed by atoms with Gasteiger partial charge < -0.3 is 25.4 Å². The molecule has 234 valence electrons. The molecule has 5 rings (SSSR count). The molecule has 1 atom stereocenters. The number of fused-ring (bicyclic) bond motifs is 2. The Kier molecular flexibility index (Phi) is 8.68. The maximum absolute atomic E-state index is 14.0. The summed E-state index contributed by atoms with van der Waals surface area (Å²) in [7, 11) is 1.76. The first-order valence-corrected chi connectivity index (χ1v) is 15.3. The summed E-state index contributed by atoms with van der Waals surface area (Å²) in [6, 6.07) is 14.8. The number of hydrogen-bond acceptors (Lipinski definition) is 10. The standard InChI is InChI=1S/C32H35N7O5S/c1-7-39(6)28(42)20-11-9-19(10-12-20)23-15-14-22-26(35-23)44-25-21(13-8-18(2)34-25)32(22,5)31(3,4)29(43)36-30-38-37-27(45-30)24(41)33-16-17-40/h8-15,40H,7,16-17H2,1-6H3,(H,33,41)(H,36,38,43). The fraction of sp³-hybridized carbons (Fsp3) is 0.344. The average molecular weight is 630 g/mol. The Morgan fingerprint density at radius 1 is 1.00 bits per heavy atom. The summed E-state index contributed by atoms with van der Waals surface area (Å²) in [5, 5.41) is 22.4. The lowest BCUT2D eigenvalue weighted by Gasteiger charge is -2.46. The van der Waals surface area contributed by atoms with Gasteiger partial charge in [0, 0.05) is 53.5 Å². The van der Waals surface area contributed by atoms with Crippen molar-refractivity contribution in [2.24, 2.45) is 5.41 Å². The summed E-state index contributed by atoms with van der Waals surface area (Å²) in [4.78, 5) is 50.0. The summed E-state index contributed by atoms with van der Waals surface area (Å²) in [5.41, 5.74) is 2.11. The van der Waals surface area contributed by atoms with Crippen LogP contribution in [0.4, 0.5) is 5.13 Å². The normalized spacial score (nSPS) is 15.4. The Labute approximate surface area is 264 Å². The maximum atomic E-state index is 14.0. The van der Waals surface area contributed by atoms with Gasteiger partial charge in [-0.2, -0.15) is 0 Å². The van der Waals surface area contributed by atoms with E-state index in [1.54, 1.807) is 24.1 Å². The second-order valence-corrected chi connectivity index (χ2v) is 12.4. The number of aliphatic hydroxyl groups excluding tert-OH is 1. The van der Waals surface area contributed by atoms with E-state index in [0.717, 1.165) is 28.2 Å². The SMILES string of the molecule is CCN(C)C(=O)c1ccc(-c2ccc3c(n2)Oc2nc(C)ccc2C3(C)C(C)(C)C(=O)Nc2nnc(C(=O)NCCO)s2)cc1. The van der Waals surface area contributed by atoms with Crippen LogP contribution in [0, 0.1) is 12.3 Å². The number of aryl methyl sites for hydroxylation is 1. The molecule has 0 saturated carbocycles. The number of nitrogens with one attached hydrogen (secondary N) is 2. The number of hydrogen-bond donors (Lipinski definition) is 3. The number of carbonyl (C=O) groups is 3. The molecule has 1 aromatic carbocycles. The maximum Gasteiger partial charge on any atom is 0.282 e. The highest BCUT2D eigenvalue weighted by atomic mass is 32.1. The Hall–Kier alpha value is -4.75. The van der Waals surface area contributed by atoms with Crippen molar-refractivity contribution in [2.75, 3.05) is 32.1 Å². The summed E-state index contributed by atoms with van der Waals surface area (Å²) >= 11 is 0.939. The fourth-order valence-electron chi connectivity index (χ4n) is 5.20. The number of benzene rings is 1. The van der Waals surface area contributed by atoms with Crippen molar-refractivity contribution >= 4 is 34.2 Å². The number of nitrogens with zero attached hydrogens (tertiary/aromatic N) is 5. The molecule has 0 aliphatic carbocycles. The zero-order valence-corrected chi connectivity index (χ0v) is 26.8. The van der Waals surface area contributed by atoms with Gasteiger partial charge in [-0.05, 0) is 58.9 Å². The van der Waals surface area contributed by atoms with Crippen LogP contribution in [0.1, 0.15) is 64.7 Å². The number of aliphatic hydroxyl groups is 1. The quantitative estimate of drug-likeness (QED) is 0.247. The van der Waals surface area contributed by atoms with E-state index in [1.807, 2.05) is 71.0 Å². The zero-order chi connectivity index (χ0) is 32.5. The molecule has 13 heteroatoms. The molecule has 0 bridgehead atoms. The van der Waals surface area contributed by atoms with Crippen molar-refractivity contribution in [1.82, 2.24) is 30.4 Å². The molecule has 0 radical (unpaired) electrons. The molecule has 3 N–H and O–H groups in total. The second kappa shape index (κ2) is 12.3. The third-order valence-corrected chi connectivity index (χ3v) is 9.27. The van der Waals surface area contributed by atoms with E-state index in [-0.39, 0.29) is 35.1 Å². The number of anilines is 1. The Balaban J connectivity index is 1.50. The fourth-order valence-corrected chi connectivity index (χ4v) is 5.85. The van der Waals surface area contributed by atoms with Crippen LogP contribution in [0.2, 0.25) is 0 Å². The predicted molar refractivity (Wildman–Crippen MR) is 170 cm³/mol. The summed E-state index contributed by atoms with van der Waals surface area (Å²) in [5.74, 6) is -0.221. The molecule has 12 nitrogen and oxygen atoms in total. The van der Waals surface area contributed by atoms with Crippen molar-refractivity contribution in [2.45, 2.75) is 40.0 Å². The topological polar surface area (TPSA) is 160 Å². The molecular weight excluding hydrogens is 594 g/mol. The highest BCUT2D eigenvalue weighted by Gasteiger charge is 2.54. The van der Waals surface area contributed by atoms with Gasteiger partial charge in [0.25, 0.3) is 11.8 Å². The van der Waals surface area contributed by atoms with Crippen LogP contribution < -0.4 is 15.4 Å². The largest absolute Gasteiger partial charge is 0.420 e. The lowest BCUT2D eigenvalue weighted by molar-refractivity contribution is -0.126. The van der Waals surface area contributed by atoms with Gasteiger partial charge in [-0.15, -0.1) is 10.2 Å². The van der Waals surface area contributed by atoms with Crippen LogP contribution in [0.5, 0.6) is 11.8 Å². The van der Waals surface area contributed by atoms with Crippen molar-refractivity contribution in [3.05, 3.63) is 75.9 Å². The number of rotatable bonds is 9. The van der Waals surface area contributed by atoms with Crippen LogP contribution >= 0.6 is 11.3 Å². The Morgan fingerprint density at radius 3 is 2.33 bits per heavy atom. The monoisotopic (exact) mass is 629 g/mol. The van der Waals surface area contributed by atoms with Crippen LogP contribution in [-0.4, -0.2) is 74.6 Å². The van der Waals surface area contributed by atoms with Crippen LogP contribution in [0.15, 0.2) is 48.5 Å². The molecule has 1 aliphatic rings. The van der Waals surface area contributed by atoms with Crippen molar-refractivity contribution in [1.29, 1.82) is 0 Å². The lowest BCUT2D eigenvalue weighted by atomic mass is 9.58.